The monoisotopic (exact) mass is 610 g/mol. The molecular formula is C27H43ClN6O4SSi. The van der Waals surface area contributed by atoms with Crippen molar-refractivity contribution in [2.75, 3.05) is 49.6 Å². The van der Waals surface area contributed by atoms with Crippen molar-refractivity contribution in [3.8, 4) is 10.6 Å². The fourth-order valence-corrected chi connectivity index (χ4v) is 6.59. The molecule has 4 heterocycles. The van der Waals surface area contributed by atoms with E-state index < -0.39 is 13.9 Å². The summed E-state index contributed by atoms with van der Waals surface area (Å²) >= 11 is 7.88. The Bertz CT molecular complexity index is 1180. The molecule has 40 heavy (non-hydrogen) atoms. The van der Waals surface area contributed by atoms with Gasteiger partial charge in [0.25, 0.3) is 0 Å². The molecule has 0 saturated carbocycles. The Morgan fingerprint density at radius 3 is 2.52 bits per heavy atom. The average Bonchev–Trinajstić information content (AvgIpc) is 3.35. The molecule has 0 aliphatic carbocycles. The highest BCUT2D eigenvalue weighted by Gasteiger charge is 2.41. The van der Waals surface area contributed by atoms with Gasteiger partial charge in [-0.05, 0) is 62.9 Å². The molecule has 0 spiro atoms. The molecule has 2 fully saturated rings. The molecule has 2 aliphatic heterocycles. The van der Waals surface area contributed by atoms with Crippen LogP contribution >= 0.6 is 23.1 Å². The predicted molar refractivity (Wildman–Crippen MR) is 163 cm³/mol. The van der Waals surface area contributed by atoms with Gasteiger partial charge >= 0.3 is 6.09 Å². The third kappa shape index (κ3) is 7.64. The topological polar surface area (TPSA) is 102 Å². The van der Waals surface area contributed by atoms with Crippen molar-refractivity contribution >= 4 is 49.3 Å². The summed E-state index contributed by atoms with van der Waals surface area (Å²) in [5.74, 6) is 1.36. The Labute approximate surface area is 248 Å². The van der Waals surface area contributed by atoms with Crippen LogP contribution in [0, 0.1) is 0 Å². The van der Waals surface area contributed by atoms with Crippen LogP contribution in [0.25, 0.3) is 10.6 Å². The van der Waals surface area contributed by atoms with Crippen LogP contribution in [-0.2, 0) is 13.9 Å². The van der Waals surface area contributed by atoms with E-state index in [0.717, 1.165) is 22.8 Å². The van der Waals surface area contributed by atoms with Crippen LogP contribution in [0.2, 0.25) is 23.2 Å². The second-order valence-corrected chi connectivity index (χ2v) is 18.8. The maximum atomic E-state index is 12.4. The first-order valence-electron chi connectivity index (χ1n) is 13.9. The van der Waals surface area contributed by atoms with E-state index in [1.54, 1.807) is 11.1 Å². The zero-order chi connectivity index (χ0) is 29.3. The highest BCUT2D eigenvalue weighted by Crippen LogP contribution is 2.39. The number of nitrogens with zero attached hydrogens (tertiary/aromatic N) is 5. The molecule has 2 aromatic rings. The fraction of sp³-hybridized carbons (Fsp3) is 0.704. The maximum absolute atomic E-state index is 12.4. The summed E-state index contributed by atoms with van der Waals surface area (Å²) in [7, 11) is -1.97. The zero-order valence-corrected chi connectivity index (χ0v) is 27.5. The number of aromatic nitrogens is 3. The summed E-state index contributed by atoms with van der Waals surface area (Å²) in [5.41, 5.74) is 0.268. The molecule has 222 valence electrons. The number of hydrogen-bond donors (Lipinski definition) is 1. The van der Waals surface area contributed by atoms with Crippen molar-refractivity contribution in [1.82, 2.24) is 19.2 Å². The first-order valence-corrected chi connectivity index (χ1v) is 17.9. The van der Waals surface area contributed by atoms with Gasteiger partial charge in [0, 0.05) is 44.5 Å². The average molecular weight is 611 g/mol. The minimum Gasteiger partial charge on any atom is -0.444 e. The number of nitrogens with one attached hydrogen (secondary N) is 1. The fourth-order valence-electron chi connectivity index (χ4n) is 4.29. The summed E-state index contributed by atoms with van der Waals surface area (Å²) in [5, 5.41) is 4.94. The van der Waals surface area contributed by atoms with E-state index in [1.165, 1.54) is 11.5 Å². The molecule has 0 unspecified atom stereocenters. The van der Waals surface area contributed by atoms with Gasteiger partial charge in [-0.1, -0.05) is 32.4 Å². The lowest BCUT2D eigenvalue weighted by molar-refractivity contribution is -0.00702. The number of carbonyl (C=O) groups is 1. The van der Waals surface area contributed by atoms with Crippen LogP contribution in [-0.4, -0.2) is 90.8 Å². The molecule has 13 heteroatoms. The van der Waals surface area contributed by atoms with Gasteiger partial charge < -0.3 is 29.0 Å². The summed E-state index contributed by atoms with van der Waals surface area (Å²) in [6.07, 6.45) is 2.15. The third-order valence-corrected chi connectivity index (χ3v) is 13.1. The third-order valence-electron chi connectivity index (χ3n) is 7.60. The van der Waals surface area contributed by atoms with Gasteiger partial charge in [-0.3, -0.25) is 0 Å². The maximum Gasteiger partial charge on any atom is 0.410 e. The van der Waals surface area contributed by atoms with E-state index in [2.05, 4.69) is 53.4 Å². The first-order chi connectivity index (χ1) is 18.6. The van der Waals surface area contributed by atoms with Crippen molar-refractivity contribution in [3.05, 3.63) is 17.3 Å². The van der Waals surface area contributed by atoms with E-state index in [4.69, 9.17) is 30.5 Å². The zero-order valence-electron chi connectivity index (χ0n) is 24.9. The molecule has 1 N–H and O–H groups in total. The summed E-state index contributed by atoms with van der Waals surface area (Å²) < 4.78 is 22.6. The minimum atomic E-state index is -1.97. The Hall–Kier alpha value is -1.99. The van der Waals surface area contributed by atoms with Crippen LogP contribution in [0.5, 0.6) is 0 Å². The van der Waals surface area contributed by atoms with E-state index >= 15 is 0 Å². The smallest absolute Gasteiger partial charge is 0.410 e. The second-order valence-electron chi connectivity index (χ2n) is 12.9. The van der Waals surface area contributed by atoms with Gasteiger partial charge in [-0.15, -0.1) is 0 Å². The van der Waals surface area contributed by atoms with Gasteiger partial charge in [0.1, 0.15) is 16.4 Å². The Morgan fingerprint density at radius 1 is 1.18 bits per heavy atom. The second kappa shape index (κ2) is 12.1. The Morgan fingerprint density at radius 2 is 1.88 bits per heavy atom. The molecule has 0 aromatic carbocycles. The predicted octanol–water partition coefficient (Wildman–Crippen LogP) is 5.90. The lowest BCUT2D eigenvalue weighted by Crippen LogP contribution is -2.52. The lowest BCUT2D eigenvalue weighted by Gasteiger charge is -2.43. The molecule has 0 radical (unpaired) electrons. The van der Waals surface area contributed by atoms with E-state index in [9.17, 15) is 4.79 Å². The number of rotatable bonds is 6. The molecular weight excluding hydrogens is 568 g/mol. The van der Waals surface area contributed by atoms with E-state index in [-0.39, 0.29) is 23.3 Å². The molecule has 2 atom stereocenters. The van der Waals surface area contributed by atoms with Gasteiger partial charge in [0.2, 0.25) is 5.95 Å². The van der Waals surface area contributed by atoms with Gasteiger partial charge in [-0.25, -0.2) is 9.78 Å². The molecule has 1 amide bonds. The number of hydrogen-bond acceptors (Lipinski definition) is 10. The number of ether oxygens (including phenoxy) is 2. The summed E-state index contributed by atoms with van der Waals surface area (Å²) in [6, 6.07) is 2.02. The van der Waals surface area contributed by atoms with Crippen molar-refractivity contribution < 1.29 is 18.7 Å². The first kappa shape index (κ1) is 31.0. The molecule has 2 aliphatic rings. The molecule has 0 bridgehead atoms. The summed E-state index contributed by atoms with van der Waals surface area (Å²) in [6.45, 7) is 20.5. The minimum absolute atomic E-state index is 0.0527. The summed E-state index contributed by atoms with van der Waals surface area (Å²) in [4.78, 5) is 25.6. The quantitative estimate of drug-likeness (QED) is 0.400. The van der Waals surface area contributed by atoms with Gasteiger partial charge in [-0.2, -0.15) is 9.36 Å². The number of pyridine rings is 1. The van der Waals surface area contributed by atoms with Gasteiger partial charge in [0.15, 0.2) is 8.32 Å². The largest absolute Gasteiger partial charge is 0.444 e. The van der Waals surface area contributed by atoms with Gasteiger partial charge in [0.05, 0.1) is 23.8 Å². The van der Waals surface area contributed by atoms with Crippen LogP contribution in [0.3, 0.4) is 0 Å². The lowest BCUT2D eigenvalue weighted by atomic mass is 10.1. The number of piperazine rings is 1. The Kier molecular flexibility index (Phi) is 9.35. The number of amides is 1. The van der Waals surface area contributed by atoms with Crippen molar-refractivity contribution in [1.29, 1.82) is 0 Å². The standard InChI is InChI=1S/C27H43ClN6O4SSi/c1-26(2,3)37-25(35)34-12-10-33(11-13-34)24-31-23(39-32-24)18-15-22(29-16-19(18)28)30-20-9-14-36-17-21(20)38-40(7,8)27(4,5)6/h15-16,20-21H,9-14,17H2,1-8H3,(H,29,30)/t20-,21-/m1/s1. The number of carbonyl (C=O) groups excluding carboxylic acids is 1. The molecule has 4 rings (SSSR count). The molecule has 2 aromatic heterocycles. The van der Waals surface area contributed by atoms with Crippen LogP contribution < -0.4 is 10.2 Å². The highest BCUT2D eigenvalue weighted by molar-refractivity contribution is 7.09. The van der Waals surface area contributed by atoms with Crippen LogP contribution in [0.4, 0.5) is 16.6 Å². The Balaban J connectivity index is 1.43. The van der Waals surface area contributed by atoms with E-state index in [1.807, 2.05) is 26.8 Å². The van der Waals surface area contributed by atoms with Crippen molar-refractivity contribution in [2.45, 2.75) is 83.8 Å². The molecule has 10 nitrogen and oxygen atoms in total. The molecule has 2 saturated heterocycles. The van der Waals surface area contributed by atoms with Crippen LogP contribution in [0.15, 0.2) is 12.3 Å². The number of halogens is 1. The van der Waals surface area contributed by atoms with Crippen molar-refractivity contribution in [2.24, 2.45) is 0 Å². The highest BCUT2D eigenvalue weighted by atomic mass is 35.5. The van der Waals surface area contributed by atoms with E-state index in [0.29, 0.717) is 50.4 Å². The number of anilines is 2. The normalized spacial score (nSPS) is 20.9. The van der Waals surface area contributed by atoms with Crippen molar-refractivity contribution in [3.63, 3.8) is 0 Å². The van der Waals surface area contributed by atoms with Crippen LogP contribution in [0.1, 0.15) is 48.0 Å². The SMILES string of the molecule is CC(C)(C)OC(=O)N1CCN(c2nsc(-c3cc(N[C@@H]4CCOC[C@H]4O[Si](C)(C)C(C)(C)C)ncc3Cl)n2)CC1.